The number of rotatable bonds is 10. The second-order valence-corrected chi connectivity index (χ2v) is 10.2. The molecule has 2 saturated heterocycles. The lowest BCUT2D eigenvalue weighted by molar-refractivity contribution is 0.0907. The van der Waals surface area contributed by atoms with Crippen LogP contribution in [0.5, 0.6) is 5.75 Å². The van der Waals surface area contributed by atoms with Crippen LogP contribution in [0.1, 0.15) is 41.6 Å². The van der Waals surface area contributed by atoms with E-state index in [-0.39, 0.29) is 23.8 Å². The van der Waals surface area contributed by atoms with E-state index in [1.165, 1.54) is 17.7 Å². The number of ether oxygens (including phenoxy) is 1. The molecule has 2 aromatic carbocycles. The summed E-state index contributed by atoms with van der Waals surface area (Å²) in [5, 5.41) is 3.07. The number of carbonyl (C=O) groups is 1. The Labute approximate surface area is 224 Å². The van der Waals surface area contributed by atoms with Gasteiger partial charge in [-0.25, -0.2) is 8.78 Å². The van der Waals surface area contributed by atoms with Crippen molar-refractivity contribution < 1.29 is 18.3 Å². The molecule has 2 aliphatic heterocycles. The molecule has 0 aromatic heterocycles. The summed E-state index contributed by atoms with van der Waals surface area (Å²) in [7, 11) is 0. The molecule has 1 amide bonds. The number of allylic oxidation sites excluding steroid dienone is 2. The van der Waals surface area contributed by atoms with E-state index in [0.29, 0.717) is 12.1 Å². The van der Waals surface area contributed by atoms with Gasteiger partial charge >= 0.3 is 0 Å². The number of piperidine rings is 2. The quantitative estimate of drug-likeness (QED) is 0.410. The number of halogens is 2. The van der Waals surface area contributed by atoms with Crippen molar-refractivity contribution in [2.45, 2.75) is 44.4 Å². The average molecular weight is 522 g/mol. The molecular formula is C31H37F2N3O2. The molecule has 5 nitrogen and oxygen atoms in total. The standard InChI is InChI=1S/C31H37F2N3O2/c1-23(8-9-24(2)32)21-35-18-14-28(15-19-35)38-30-11-10-26(20-29(30)33)31(37)34-27-12-16-36(17-13-27)22-25-6-4-3-5-7-25/h3-11,20,27-28H,1-2,12-19,21-22H2,(H,34,37)/b9-8-. The summed E-state index contributed by atoms with van der Waals surface area (Å²) in [4.78, 5) is 17.4. The van der Waals surface area contributed by atoms with E-state index in [0.717, 1.165) is 64.0 Å². The van der Waals surface area contributed by atoms with Crippen LogP contribution in [0, 0.1) is 5.82 Å². The van der Waals surface area contributed by atoms with Crippen molar-refractivity contribution in [3.63, 3.8) is 0 Å². The summed E-state index contributed by atoms with van der Waals surface area (Å²) >= 11 is 0. The highest BCUT2D eigenvalue weighted by Crippen LogP contribution is 2.24. The highest BCUT2D eigenvalue weighted by Gasteiger charge is 2.24. The lowest BCUT2D eigenvalue weighted by Crippen LogP contribution is -2.44. The van der Waals surface area contributed by atoms with Crippen molar-refractivity contribution in [3.05, 3.63) is 102 Å². The van der Waals surface area contributed by atoms with Crippen molar-refractivity contribution in [2.24, 2.45) is 0 Å². The highest BCUT2D eigenvalue weighted by molar-refractivity contribution is 5.94. The first-order chi connectivity index (χ1) is 18.4. The summed E-state index contributed by atoms with van der Waals surface area (Å²) in [6, 6.07) is 14.9. The molecule has 0 saturated carbocycles. The maximum Gasteiger partial charge on any atom is 0.251 e. The Morgan fingerprint density at radius 1 is 0.974 bits per heavy atom. The average Bonchev–Trinajstić information content (AvgIpc) is 2.91. The van der Waals surface area contributed by atoms with Gasteiger partial charge in [0, 0.05) is 50.9 Å². The fourth-order valence-electron chi connectivity index (χ4n) is 5.00. The van der Waals surface area contributed by atoms with E-state index in [4.69, 9.17) is 4.74 Å². The second-order valence-electron chi connectivity index (χ2n) is 10.2. The Kier molecular flexibility index (Phi) is 9.85. The van der Waals surface area contributed by atoms with E-state index < -0.39 is 11.6 Å². The van der Waals surface area contributed by atoms with Gasteiger partial charge < -0.3 is 10.1 Å². The van der Waals surface area contributed by atoms with E-state index in [9.17, 15) is 13.6 Å². The third-order valence-corrected chi connectivity index (χ3v) is 7.12. The summed E-state index contributed by atoms with van der Waals surface area (Å²) < 4.78 is 33.5. The van der Waals surface area contributed by atoms with E-state index in [1.807, 2.05) is 6.07 Å². The van der Waals surface area contributed by atoms with Gasteiger partial charge in [-0.2, -0.15) is 0 Å². The van der Waals surface area contributed by atoms with Gasteiger partial charge in [0.2, 0.25) is 0 Å². The molecule has 2 aliphatic rings. The molecular weight excluding hydrogens is 484 g/mol. The van der Waals surface area contributed by atoms with Gasteiger partial charge in [-0.1, -0.05) is 49.6 Å². The molecule has 0 atom stereocenters. The van der Waals surface area contributed by atoms with Gasteiger partial charge in [0.25, 0.3) is 5.91 Å². The zero-order valence-corrected chi connectivity index (χ0v) is 21.9. The zero-order valence-electron chi connectivity index (χ0n) is 21.9. The van der Waals surface area contributed by atoms with Gasteiger partial charge in [-0.15, -0.1) is 0 Å². The number of carbonyl (C=O) groups excluding carboxylic acids is 1. The monoisotopic (exact) mass is 521 g/mol. The predicted molar refractivity (Wildman–Crippen MR) is 147 cm³/mol. The Morgan fingerprint density at radius 2 is 1.66 bits per heavy atom. The summed E-state index contributed by atoms with van der Waals surface area (Å²) in [5.74, 6) is -1.11. The fourth-order valence-corrected chi connectivity index (χ4v) is 5.00. The van der Waals surface area contributed by atoms with Crippen LogP contribution in [-0.2, 0) is 6.54 Å². The van der Waals surface area contributed by atoms with Crippen LogP contribution < -0.4 is 10.1 Å². The molecule has 0 bridgehead atoms. The first-order valence-electron chi connectivity index (χ1n) is 13.3. The number of hydrogen-bond donors (Lipinski definition) is 1. The lowest BCUT2D eigenvalue weighted by Gasteiger charge is -2.32. The minimum absolute atomic E-state index is 0.0843. The van der Waals surface area contributed by atoms with Crippen LogP contribution >= 0.6 is 0 Å². The molecule has 38 heavy (non-hydrogen) atoms. The summed E-state index contributed by atoms with van der Waals surface area (Å²) in [5.41, 5.74) is 2.40. The van der Waals surface area contributed by atoms with Gasteiger partial charge in [-0.05, 0) is 61.1 Å². The van der Waals surface area contributed by atoms with Gasteiger partial charge in [0.05, 0.1) is 0 Å². The number of hydrogen-bond acceptors (Lipinski definition) is 4. The third-order valence-electron chi connectivity index (χ3n) is 7.12. The maximum atomic E-state index is 14.8. The van der Waals surface area contributed by atoms with Gasteiger partial charge in [0.1, 0.15) is 11.9 Å². The first-order valence-corrected chi connectivity index (χ1v) is 13.3. The predicted octanol–water partition coefficient (Wildman–Crippen LogP) is 5.66. The van der Waals surface area contributed by atoms with Crippen molar-refractivity contribution in [2.75, 3.05) is 32.7 Å². The zero-order chi connectivity index (χ0) is 26.9. The topological polar surface area (TPSA) is 44.8 Å². The van der Waals surface area contributed by atoms with E-state index in [1.54, 1.807) is 18.2 Å². The Morgan fingerprint density at radius 3 is 2.32 bits per heavy atom. The fraction of sp³-hybridized carbons (Fsp3) is 0.387. The minimum atomic E-state index is -0.525. The van der Waals surface area contributed by atoms with Crippen LogP contribution in [-0.4, -0.2) is 60.6 Å². The lowest BCUT2D eigenvalue weighted by atomic mass is 10.0. The molecule has 4 rings (SSSR count). The smallest absolute Gasteiger partial charge is 0.251 e. The van der Waals surface area contributed by atoms with Crippen molar-refractivity contribution in [1.82, 2.24) is 15.1 Å². The number of nitrogens with one attached hydrogen (secondary N) is 1. The minimum Gasteiger partial charge on any atom is -0.487 e. The number of likely N-dealkylation sites (tertiary alicyclic amines) is 2. The molecule has 0 unspecified atom stereocenters. The van der Waals surface area contributed by atoms with Gasteiger partial charge in [-0.3, -0.25) is 14.6 Å². The van der Waals surface area contributed by atoms with Crippen LogP contribution in [0.2, 0.25) is 0 Å². The van der Waals surface area contributed by atoms with Crippen molar-refractivity contribution in [3.8, 4) is 5.75 Å². The summed E-state index contributed by atoms with van der Waals surface area (Å²) in [6.45, 7) is 12.1. The van der Waals surface area contributed by atoms with E-state index in [2.05, 4.69) is 52.5 Å². The first kappa shape index (κ1) is 27.7. The number of amides is 1. The Hall–Kier alpha value is -3.29. The van der Waals surface area contributed by atoms with Gasteiger partial charge in [0.15, 0.2) is 11.6 Å². The molecule has 2 aromatic rings. The van der Waals surface area contributed by atoms with Crippen molar-refractivity contribution in [1.29, 1.82) is 0 Å². The second kappa shape index (κ2) is 13.5. The largest absolute Gasteiger partial charge is 0.487 e. The van der Waals surface area contributed by atoms with Crippen LogP contribution in [0.3, 0.4) is 0 Å². The molecule has 0 spiro atoms. The Bertz CT molecular complexity index is 1140. The molecule has 7 heteroatoms. The number of nitrogens with zero attached hydrogens (tertiary/aromatic N) is 2. The third kappa shape index (κ3) is 8.36. The van der Waals surface area contributed by atoms with Crippen molar-refractivity contribution >= 4 is 5.91 Å². The molecule has 2 fully saturated rings. The molecule has 0 aliphatic carbocycles. The molecule has 1 N–H and O–H groups in total. The number of benzene rings is 2. The normalized spacial score (nSPS) is 17.9. The molecule has 2 heterocycles. The molecule has 202 valence electrons. The van der Waals surface area contributed by atoms with Crippen LogP contribution in [0.25, 0.3) is 0 Å². The summed E-state index contributed by atoms with van der Waals surface area (Å²) in [6.07, 6.45) is 6.07. The maximum absolute atomic E-state index is 14.8. The van der Waals surface area contributed by atoms with Crippen LogP contribution in [0.4, 0.5) is 8.78 Å². The highest BCUT2D eigenvalue weighted by atomic mass is 19.1. The SMILES string of the molecule is C=C(F)/C=C\C(=C)CN1CCC(Oc2ccc(C(=O)NC3CCN(Cc4ccccc4)CC3)cc2F)CC1. The van der Waals surface area contributed by atoms with Crippen LogP contribution in [0.15, 0.2) is 85.2 Å². The van der Waals surface area contributed by atoms with E-state index >= 15 is 0 Å². The molecule has 0 radical (unpaired) electrons. The Balaban J connectivity index is 1.20.